The second kappa shape index (κ2) is 6.55. The van der Waals surface area contributed by atoms with Crippen LogP contribution in [0.25, 0.3) is 0 Å². The van der Waals surface area contributed by atoms with E-state index in [1.807, 2.05) is 56.3 Å². The maximum absolute atomic E-state index is 12.8. The Morgan fingerprint density at radius 3 is 1.87 bits per heavy atom. The number of methoxy groups -OCH3 is 1. The van der Waals surface area contributed by atoms with Gasteiger partial charge < -0.3 is 10.1 Å². The molecule has 0 aliphatic carbocycles. The number of Topliss-reactive ketones (excluding diaryl/α,β-unsaturated/α-hetero) is 1. The van der Waals surface area contributed by atoms with Crippen LogP contribution in [0.4, 0.5) is 0 Å². The van der Waals surface area contributed by atoms with Crippen LogP contribution in [0, 0.1) is 11.8 Å². The van der Waals surface area contributed by atoms with Gasteiger partial charge in [-0.2, -0.15) is 0 Å². The quantitative estimate of drug-likeness (QED) is 0.934. The number of ether oxygens (including phenoxy) is 1. The van der Waals surface area contributed by atoms with Crippen LogP contribution in [-0.4, -0.2) is 12.9 Å². The molecular formula is C20H23NO2. The highest BCUT2D eigenvalue weighted by Gasteiger charge is 2.39. The Bertz CT molecular complexity index is 666. The van der Waals surface area contributed by atoms with E-state index in [1.165, 1.54) is 5.56 Å². The molecule has 0 aromatic heterocycles. The van der Waals surface area contributed by atoms with Gasteiger partial charge in [0.05, 0.1) is 7.11 Å². The lowest BCUT2D eigenvalue weighted by atomic mass is 9.76. The predicted octanol–water partition coefficient (Wildman–Crippen LogP) is 3.92. The zero-order chi connectivity index (χ0) is 16.4. The molecule has 3 rings (SSSR count). The molecule has 0 amide bonds. The monoisotopic (exact) mass is 309 g/mol. The van der Waals surface area contributed by atoms with Crippen molar-refractivity contribution in [2.75, 3.05) is 7.11 Å². The van der Waals surface area contributed by atoms with Crippen LogP contribution >= 0.6 is 0 Å². The van der Waals surface area contributed by atoms with E-state index >= 15 is 0 Å². The summed E-state index contributed by atoms with van der Waals surface area (Å²) in [4.78, 5) is 12.8. The molecule has 0 radical (unpaired) electrons. The van der Waals surface area contributed by atoms with Gasteiger partial charge in [-0.05, 0) is 23.3 Å². The number of benzene rings is 2. The van der Waals surface area contributed by atoms with Crippen molar-refractivity contribution in [2.45, 2.75) is 25.9 Å². The molecule has 1 fully saturated rings. The van der Waals surface area contributed by atoms with E-state index in [2.05, 4.69) is 17.4 Å². The van der Waals surface area contributed by atoms with Crippen molar-refractivity contribution in [1.29, 1.82) is 0 Å². The first kappa shape index (κ1) is 15.8. The highest BCUT2D eigenvalue weighted by molar-refractivity contribution is 5.85. The normalized spacial score (nSPS) is 27.7. The van der Waals surface area contributed by atoms with Crippen LogP contribution in [0.2, 0.25) is 0 Å². The molecule has 0 spiro atoms. The highest BCUT2D eigenvalue weighted by atomic mass is 16.5. The third kappa shape index (κ3) is 3.02. The standard InChI is InChI=1S/C20H23NO2/c1-13-18(15-7-5-4-6-8-15)21-19(14(2)20(13)22)16-9-11-17(23-3)12-10-16/h4-14,18-19,21H,1-3H3. The fourth-order valence-electron chi connectivity index (χ4n) is 3.47. The van der Waals surface area contributed by atoms with E-state index in [1.54, 1.807) is 7.11 Å². The minimum absolute atomic E-state index is 0.0230. The van der Waals surface area contributed by atoms with Gasteiger partial charge in [0.15, 0.2) is 0 Å². The van der Waals surface area contributed by atoms with Gasteiger partial charge >= 0.3 is 0 Å². The van der Waals surface area contributed by atoms with E-state index in [0.29, 0.717) is 5.78 Å². The van der Waals surface area contributed by atoms with E-state index < -0.39 is 0 Å². The van der Waals surface area contributed by atoms with Crippen molar-refractivity contribution in [3.8, 4) is 5.75 Å². The summed E-state index contributed by atoms with van der Waals surface area (Å²) in [5, 5.41) is 3.69. The summed E-state index contributed by atoms with van der Waals surface area (Å²) in [6.07, 6.45) is 0. The molecule has 0 bridgehead atoms. The van der Waals surface area contributed by atoms with Gasteiger partial charge in [0.1, 0.15) is 11.5 Å². The van der Waals surface area contributed by atoms with Crippen molar-refractivity contribution in [1.82, 2.24) is 5.32 Å². The highest BCUT2D eigenvalue weighted by Crippen LogP contribution is 2.38. The first-order chi connectivity index (χ1) is 11.1. The van der Waals surface area contributed by atoms with Crippen LogP contribution < -0.4 is 10.1 Å². The third-order valence-electron chi connectivity index (χ3n) is 4.89. The second-order valence-electron chi connectivity index (χ2n) is 6.29. The summed E-state index contributed by atoms with van der Waals surface area (Å²) in [5.41, 5.74) is 2.29. The number of hydrogen-bond acceptors (Lipinski definition) is 3. The summed E-state index contributed by atoms with van der Waals surface area (Å²) in [7, 11) is 1.66. The number of hydrogen-bond donors (Lipinski definition) is 1. The number of piperidine rings is 1. The topological polar surface area (TPSA) is 38.3 Å². The zero-order valence-corrected chi connectivity index (χ0v) is 13.8. The molecule has 3 heteroatoms. The molecule has 1 N–H and O–H groups in total. The SMILES string of the molecule is COc1ccc(C2NC(c3ccccc3)C(C)C(=O)C2C)cc1. The molecule has 4 atom stereocenters. The minimum atomic E-state index is -0.0432. The molecular weight excluding hydrogens is 286 g/mol. The second-order valence-corrected chi connectivity index (χ2v) is 6.29. The molecule has 3 nitrogen and oxygen atoms in total. The number of ketones is 1. The van der Waals surface area contributed by atoms with Crippen LogP contribution in [0.5, 0.6) is 5.75 Å². The molecule has 4 unspecified atom stereocenters. The van der Waals surface area contributed by atoms with Crippen molar-refractivity contribution in [2.24, 2.45) is 11.8 Å². The molecule has 1 saturated heterocycles. The summed E-state index contributed by atoms with van der Waals surface area (Å²) in [6.45, 7) is 4.04. The van der Waals surface area contributed by atoms with E-state index in [-0.39, 0.29) is 23.9 Å². The lowest BCUT2D eigenvalue weighted by Gasteiger charge is -2.39. The van der Waals surface area contributed by atoms with Crippen molar-refractivity contribution in [3.05, 3.63) is 65.7 Å². The average Bonchev–Trinajstić information content (AvgIpc) is 2.61. The van der Waals surface area contributed by atoms with E-state index in [9.17, 15) is 4.79 Å². The summed E-state index contributed by atoms with van der Waals surface area (Å²) < 4.78 is 5.22. The fourth-order valence-corrected chi connectivity index (χ4v) is 3.47. The van der Waals surface area contributed by atoms with Gasteiger partial charge in [-0.25, -0.2) is 0 Å². The van der Waals surface area contributed by atoms with Gasteiger partial charge in [-0.3, -0.25) is 4.79 Å². The Balaban J connectivity index is 1.92. The van der Waals surface area contributed by atoms with Crippen molar-refractivity contribution < 1.29 is 9.53 Å². The number of carbonyl (C=O) groups is 1. The Morgan fingerprint density at radius 1 is 0.826 bits per heavy atom. The van der Waals surface area contributed by atoms with Crippen LogP contribution in [0.3, 0.4) is 0 Å². The number of carbonyl (C=O) groups excluding carboxylic acids is 1. The lowest BCUT2D eigenvalue weighted by Crippen LogP contribution is -2.46. The third-order valence-corrected chi connectivity index (χ3v) is 4.89. The van der Waals surface area contributed by atoms with Crippen molar-refractivity contribution >= 4 is 5.78 Å². The van der Waals surface area contributed by atoms with Crippen LogP contribution in [-0.2, 0) is 4.79 Å². The maximum atomic E-state index is 12.8. The van der Waals surface area contributed by atoms with Gasteiger partial charge in [0.25, 0.3) is 0 Å². The smallest absolute Gasteiger partial charge is 0.142 e. The Labute approximate surface area is 137 Å². The van der Waals surface area contributed by atoms with E-state index in [0.717, 1.165) is 11.3 Å². The predicted molar refractivity (Wildman–Crippen MR) is 91.4 cm³/mol. The fraction of sp³-hybridized carbons (Fsp3) is 0.350. The summed E-state index contributed by atoms with van der Waals surface area (Å²) in [5.74, 6) is 1.08. The molecule has 0 saturated carbocycles. The van der Waals surface area contributed by atoms with Crippen LogP contribution in [0.15, 0.2) is 54.6 Å². The average molecular weight is 309 g/mol. The summed E-state index contributed by atoms with van der Waals surface area (Å²) >= 11 is 0. The Hall–Kier alpha value is -2.13. The van der Waals surface area contributed by atoms with Gasteiger partial charge in [0.2, 0.25) is 0 Å². The number of nitrogens with one attached hydrogen (secondary N) is 1. The Morgan fingerprint density at radius 2 is 1.35 bits per heavy atom. The molecule has 1 aliphatic rings. The lowest BCUT2D eigenvalue weighted by molar-refractivity contribution is -0.130. The molecule has 1 heterocycles. The maximum Gasteiger partial charge on any atom is 0.142 e. The van der Waals surface area contributed by atoms with E-state index in [4.69, 9.17) is 4.74 Å². The molecule has 120 valence electrons. The molecule has 1 aliphatic heterocycles. The molecule has 2 aromatic carbocycles. The number of rotatable bonds is 3. The molecule has 2 aromatic rings. The Kier molecular flexibility index (Phi) is 4.49. The minimum Gasteiger partial charge on any atom is -0.497 e. The van der Waals surface area contributed by atoms with Gasteiger partial charge in [-0.15, -0.1) is 0 Å². The first-order valence-electron chi connectivity index (χ1n) is 8.10. The zero-order valence-electron chi connectivity index (χ0n) is 13.8. The molecule has 23 heavy (non-hydrogen) atoms. The van der Waals surface area contributed by atoms with Gasteiger partial charge in [0, 0.05) is 23.9 Å². The largest absolute Gasteiger partial charge is 0.497 e. The first-order valence-corrected chi connectivity index (χ1v) is 8.10. The van der Waals surface area contributed by atoms with Crippen molar-refractivity contribution in [3.63, 3.8) is 0 Å². The summed E-state index contributed by atoms with van der Waals surface area (Å²) in [6, 6.07) is 18.3. The van der Waals surface area contributed by atoms with Gasteiger partial charge in [-0.1, -0.05) is 56.3 Å². The van der Waals surface area contributed by atoms with Crippen LogP contribution in [0.1, 0.15) is 37.1 Å².